The van der Waals surface area contributed by atoms with E-state index in [1.165, 1.54) is 0 Å². The Kier molecular flexibility index (Phi) is 5.26. The number of hydrogen-bond donors (Lipinski definition) is 0. The highest BCUT2D eigenvalue weighted by Gasteiger charge is 2.18. The number of esters is 1. The van der Waals surface area contributed by atoms with Gasteiger partial charge < -0.3 is 14.0 Å². The fourth-order valence-corrected chi connectivity index (χ4v) is 3.93. The predicted octanol–water partition coefficient (Wildman–Crippen LogP) is 6.03. The minimum Gasteiger partial charge on any atom is -0.497 e. The van der Waals surface area contributed by atoms with Gasteiger partial charge in [-0.05, 0) is 55.0 Å². The Labute approximate surface area is 190 Å². The van der Waals surface area contributed by atoms with Crippen LogP contribution in [-0.4, -0.2) is 23.2 Å². The summed E-state index contributed by atoms with van der Waals surface area (Å²) in [6.07, 6.45) is 0. The number of aryl methyl sites for hydroxylation is 2. The molecule has 0 radical (unpaired) electrons. The molecule has 0 amide bonds. The van der Waals surface area contributed by atoms with Crippen molar-refractivity contribution in [2.24, 2.45) is 0 Å². The van der Waals surface area contributed by atoms with E-state index in [0.29, 0.717) is 22.7 Å². The van der Waals surface area contributed by atoms with Crippen molar-refractivity contribution in [3.63, 3.8) is 0 Å². The van der Waals surface area contributed by atoms with Gasteiger partial charge in [-0.3, -0.25) is 0 Å². The number of pyridine rings is 1. The van der Waals surface area contributed by atoms with Crippen LogP contribution in [0.1, 0.15) is 27.4 Å². The third kappa shape index (κ3) is 3.91. The van der Waals surface area contributed by atoms with Gasteiger partial charge in [-0.1, -0.05) is 41.6 Å². The van der Waals surface area contributed by atoms with Crippen molar-refractivity contribution >= 4 is 27.6 Å². The maximum absolute atomic E-state index is 13.1. The Morgan fingerprint density at radius 2 is 1.76 bits per heavy atom. The minimum atomic E-state index is -0.416. The fraction of sp³-hybridized carbons (Fsp3) is 0.148. The molecule has 3 aromatic carbocycles. The van der Waals surface area contributed by atoms with Crippen LogP contribution in [0.3, 0.4) is 0 Å². The summed E-state index contributed by atoms with van der Waals surface area (Å²) in [7, 11) is 1.65. The normalized spacial score (nSPS) is 11.1. The molecule has 164 valence electrons. The first kappa shape index (κ1) is 20.7. The van der Waals surface area contributed by atoms with E-state index in [1.807, 2.05) is 61.5 Å². The van der Waals surface area contributed by atoms with E-state index in [9.17, 15) is 4.79 Å². The Morgan fingerprint density at radius 1 is 0.970 bits per heavy atom. The second-order valence-corrected chi connectivity index (χ2v) is 7.88. The van der Waals surface area contributed by atoms with Gasteiger partial charge in [-0.15, -0.1) is 0 Å². The molecule has 2 heterocycles. The topological polar surface area (TPSA) is 74.5 Å². The van der Waals surface area contributed by atoms with Crippen LogP contribution in [-0.2, 0) is 11.3 Å². The van der Waals surface area contributed by atoms with Gasteiger partial charge in [0.15, 0.2) is 0 Å². The number of benzene rings is 3. The van der Waals surface area contributed by atoms with Gasteiger partial charge in [-0.25, -0.2) is 9.78 Å². The molecule has 6 heteroatoms. The van der Waals surface area contributed by atoms with Gasteiger partial charge in [0.05, 0.1) is 35.1 Å². The van der Waals surface area contributed by atoms with E-state index in [0.717, 1.165) is 38.6 Å². The number of para-hydroxylation sites is 1. The molecule has 0 aliphatic heterocycles. The van der Waals surface area contributed by atoms with E-state index >= 15 is 0 Å². The van der Waals surface area contributed by atoms with Crippen LogP contribution in [0.4, 0.5) is 0 Å². The first-order valence-corrected chi connectivity index (χ1v) is 10.6. The van der Waals surface area contributed by atoms with E-state index in [1.54, 1.807) is 20.1 Å². The number of rotatable bonds is 5. The zero-order valence-electron chi connectivity index (χ0n) is 18.6. The molecule has 0 atom stereocenters. The Bertz CT molecular complexity index is 1480. The van der Waals surface area contributed by atoms with Gasteiger partial charge >= 0.3 is 5.97 Å². The third-order valence-corrected chi connectivity index (χ3v) is 5.81. The van der Waals surface area contributed by atoms with Crippen molar-refractivity contribution < 1.29 is 18.8 Å². The van der Waals surface area contributed by atoms with E-state index < -0.39 is 5.97 Å². The number of carbonyl (C=O) groups is 1. The molecule has 5 rings (SSSR count). The molecule has 0 saturated carbocycles. The smallest absolute Gasteiger partial charge is 0.339 e. The SMILES string of the molecule is COc1ccc2cc(-c3cc(C(=O)OCc4c(C)noc4C)c4ccccc4n3)ccc2c1. The summed E-state index contributed by atoms with van der Waals surface area (Å²) in [6, 6.07) is 21.4. The second-order valence-electron chi connectivity index (χ2n) is 7.88. The summed E-state index contributed by atoms with van der Waals surface area (Å²) < 4.78 is 16.1. The number of aromatic nitrogens is 2. The minimum absolute atomic E-state index is 0.101. The summed E-state index contributed by atoms with van der Waals surface area (Å²) in [6.45, 7) is 3.73. The number of carbonyl (C=O) groups excluding carboxylic acids is 1. The average Bonchev–Trinajstić information content (AvgIpc) is 3.17. The van der Waals surface area contributed by atoms with E-state index in [-0.39, 0.29) is 6.61 Å². The molecular weight excluding hydrogens is 416 g/mol. The van der Waals surface area contributed by atoms with Gasteiger partial charge in [0.2, 0.25) is 0 Å². The van der Waals surface area contributed by atoms with Gasteiger partial charge in [0, 0.05) is 10.9 Å². The first-order chi connectivity index (χ1) is 16.0. The maximum Gasteiger partial charge on any atom is 0.339 e. The molecule has 0 N–H and O–H groups in total. The van der Waals surface area contributed by atoms with Crippen molar-refractivity contribution in [1.82, 2.24) is 10.1 Å². The van der Waals surface area contributed by atoms with Crippen LogP contribution in [0.25, 0.3) is 32.9 Å². The molecule has 0 aliphatic rings. The van der Waals surface area contributed by atoms with Crippen LogP contribution in [0.15, 0.2) is 71.3 Å². The lowest BCUT2D eigenvalue weighted by atomic mass is 10.0. The van der Waals surface area contributed by atoms with Crippen molar-refractivity contribution in [3.05, 3.63) is 89.3 Å². The molecule has 6 nitrogen and oxygen atoms in total. The highest BCUT2D eigenvalue weighted by Crippen LogP contribution is 2.29. The van der Waals surface area contributed by atoms with Gasteiger partial charge in [0.1, 0.15) is 18.1 Å². The van der Waals surface area contributed by atoms with Crippen LogP contribution < -0.4 is 4.74 Å². The lowest BCUT2D eigenvalue weighted by molar-refractivity contribution is 0.0473. The van der Waals surface area contributed by atoms with Gasteiger partial charge in [0.25, 0.3) is 0 Å². The standard InChI is InChI=1S/C27H22N2O4/c1-16-24(17(2)33-29-16)15-32-27(30)23-14-26(28-25-7-5-4-6-22(23)25)20-9-8-19-13-21(31-3)11-10-18(19)12-20/h4-14H,15H2,1-3H3. The third-order valence-electron chi connectivity index (χ3n) is 5.81. The fourth-order valence-electron chi connectivity index (χ4n) is 3.93. The van der Waals surface area contributed by atoms with Crippen molar-refractivity contribution in [2.45, 2.75) is 20.5 Å². The van der Waals surface area contributed by atoms with Crippen LogP contribution >= 0.6 is 0 Å². The summed E-state index contributed by atoms with van der Waals surface area (Å²) in [5.41, 5.74) is 4.32. The average molecular weight is 438 g/mol. The molecule has 0 saturated heterocycles. The summed E-state index contributed by atoms with van der Waals surface area (Å²) in [5.74, 6) is 1.04. The molecule has 0 spiro atoms. The van der Waals surface area contributed by atoms with Crippen molar-refractivity contribution in [2.75, 3.05) is 7.11 Å². The first-order valence-electron chi connectivity index (χ1n) is 10.6. The van der Waals surface area contributed by atoms with Crippen LogP contribution in [0.5, 0.6) is 5.75 Å². The quantitative estimate of drug-likeness (QED) is 0.312. The Hall–Kier alpha value is -4.19. The molecule has 0 bridgehead atoms. The Balaban J connectivity index is 1.54. The van der Waals surface area contributed by atoms with Gasteiger partial charge in [-0.2, -0.15) is 0 Å². The monoisotopic (exact) mass is 438 g/mol. The zero-order valence-corrected chi connectivity index (χ0v) is 18.6. The van der Waals surface area contributed by atoms with E-state index in [4.69, 9.17) is 19.0 Å². The highest BCUT2D eigenvalue weighted by atomic mass is 16.5. The van der Waals surface area contributed by atoms with Crippen LogP contribution in [0.2, 0.25) is 0 Å². The molecule has 5 aromatic rings. The maximum atomic E-state index is 13.1. The predicted molar refractivity (Wildman–Crippen MR) is 126 cm³/mol. The lowest BCUT2D eigenvalue weighted by Crippen LogP contribution is -2.08. The Morgan fingerprint density at radius 3 is 2.55 bits per heavy atom. The molecular formula is C27H22N2O4. The molecule has 2 aromatic heterocycles. The number of nitrogens with zero attached hydrogens (tertiary/aromatic N) is 2. The molecule has 0 fully saturated rings. The summed E-state index contributed by atoms with van der Waals surface area (Å²) in [5, 5.41) is 6.80. The second kappa shape index (κ2) is 8.39. The number of fused-ring (bicyclic) bond motifs is 2. The molecule has 0 unspecified atom stereocenters. The molecule has 0 aliphatic carbocycles. The van der Waals surface area contributed by atoms with Crippen molar-refractivity contribution in [1.29, 1.82) is 0 Å². The number of methoxy groups -OCH3 is 1. The van der Waals surface area contributed by atoms with E-state index in [2.05, 4.69) is 11.2 Å². The zero-order chi connectivity index (χ0) is 22.9. The van der Waals surface area contributed by atoms with Crippen LogP contribution in [0, 0.1) is 13.8 Å². The lowest BCUT2D eigenvalue weighted by Gasteiger charge is -2.11. The summed E-state index contributed by atoms with van der Waals surface area (Å²) in [4.78, 5) is 17.9. The molecule has 33 heavy (non-hydrogen) atoms. The highest BCUT2D eigenvalue weighted by molar-refractivity contribution is 6.04. The largest absolute Gasteiger partial charge is 0.497 e. The number of hydrogen-bond acceptors (Lipinski definition) is 6. The van der Waals surface area contributed by atoms with Crippen molar-refractivity contribution in [3.8, 4) is 17.0 Å². The summed E-state index contributed by atoms with van der Waals surface area (Å²) >= 11 is 0. The number of ether oxygens (including phenoxy) is 2.